The number of carbonyl (C=O) groups is 1. The molecule has 1 aliphatic heterocycles. The van der Waals surface area contributed by atoms with Gasteiger partial charge in [-0.05, 0) is 84.8 Å². The molecule has 0 radical (unpaired) electrons. The van der Waals surface area contributed by atoms with E-state index in [2.05, 4.69) is 35.9 Å². The fourth-order valence-corrected chi connectivity index (χ4v) is 7.59. The highest BCUT2D eigenvalue weighted by Crippen LogP contribution is 2.57. The van der Waals surface area contributed by atoms with Crippen LogP contribution in [0.15, 0.2) is 72.0 Å². The number of anilines is 2. The minimum atomic E-state index is -3.45. The predicted molar refractivity (Wildman–Crippen MR) is 199 cm³/mol. The van der Waals surface area contributed by atoms with Crippen molar-refractivity contribution >= 4 is 44.9 Å². The maximum absolute atomic E-state index is 13.7. The van der Waals surface area contributed by atoms with E-state index >= 15 is 0 Å². The number of aryl methyl sites for hydroxylation is 3. The molecule has 6 rings (SSSR count). The summed E-state index contributed by atoms with van der Waals surface area (Å²) >= 11 is 0. The molecule has 1 aliphatic rings. The van der Waals surface area contributed by atoms with Crippen molar-refractivity contribution in [3.63, 3.8) is 0 Å². The highest BCUT2D eigenvalue weighted by atomic mass is 32.3. The van der Waals surface area contributed by atoms with E-state index in [4.69, 9.17) is 4.74 Å². The van der Waals surface area contributed by atoms with Crippen LogP contribution in [0.2, 0.25) is 0 Å². The third-order valence-electron chi connectivity index (χ3n) is 9.04. The van der Waals surface area contributed by atoms with Crippen LogP contribution in [0.4, 0.5) is 11.6 Å². The standard InChI is InChI=1S/C36H43N9O6S/c1-5-28-19-44(52(49,50)32-8-7-13-37-35(32)51-28)18-25-14-24(10-9-22(25)3)30(29-11-12-31-34(23(29)4)42-43-45(31)6-2)15-33(48)40-26-16-38-36(39-17-26)41-27(20-46)21-47/h7-17,27-28,46-47,49-50H,5-6,18-21H2,1-4H3,(H,40,48)(H,38,39,41)/b30-15-/t28-/m1/s1. The van der Waals surface area contributed by atoms with Gasteiger partial charge in [-0.1, -0.05) is 30.3 Å². The second-order valence-electron chi connectivity index (χ2n) is 12.5. The van der Waals surface area contributed by atoms with Crippen LogP contribution >= 0.6 is 10.8 Å². The van der Waals surface area contributed by atoms with Gasteiger partial charge in [0.05, 0.1) is 49.4 Å². The topological polar surface area (TPSA) is 204 Å². The number of rotatable bonds is 12. The number of carbonyl (C=O) groups excluding carboxylic acids is 1. The summed E-state index contributed by atoms with van der Waals surface area (Å²) in [7, 11) is -3.45. The largest absolute Gasteiger partial charge is 0.472 e. The quantitative estimate of drug-likeness (QED) is 0.0958. The van der Waals surface area contributed by atoms with E-state index in [1.165, 1.54) is 18.5 Å². The summed E-state index contributed by atoms with van der Waals surface area (Å²) in [6.07, 6.45) is 6.27. The number of pyridine rings is 1. The number of fused-ring (bicyclic) bond motifs is 2. The summed E-state index contributed by atoms with van der Waals surface area (Å²) in [5, 5.41) is 33.1. The van der Waals surface area contributed by atoms with Crippen molar-refractivity contribution in [3.05, 3.63) is 94.9 Å². The second-order valence-corrected chi connectivity index (χ2v) is 14.5. The minimum Gasteiger partial charge on any atom is -0.472 e. The number of benzene rings is 2. The summed E-state index contributed by atoms with van der Waals surface area (Å²) < 4.78 is 32.8. The number of hydrogen-bond donors (Lipinski definition) is 6. The van der Waals surface area contributed by atoms with E-state index in [1.807, 2.05) is 62.7 Å². The SMILES string of the molecule is CC[C@@H]1CN(Cc2cc(/C(=C/C(=O)Nc3cnc(NC(CO)CO)nc3)c3ccc4c(nnn4CC)c3C)ccc2C)S(O)(O)c2cccnc2O1. The first kappa shape index (κ1) is 36.8. The molecule has 3 aromatic heterocycles. The molecule has 1 amide bonds. The summed E-state index contributed by atoms with van der Waals surface area (Å²) in [5.74, 6) is -0.0214. The van der Waals surface area contributed by atoms with Crippen molar-refractivity contribution in [1.82, 2.24) is 34.3 Å². The van der Waals surface area contributed by atoms with Gasteiger partial charge in [0, 0.05) is 25.4 Å². The number of aromatic nitrogens is 6. The first-order chi connectivity index (χ1) is 25.1. The molecule has 0 saturated heterocycles. The third-order valence-corrected chi connectivity index (χ3v) is 10.9. The lowest BCUT2D eigenvalue weighted by molar-refractivity contribution is -0.111. The summed E-state index contributed by atoms with van der Waals surface area (Å²) in [5.41, 5.74) is 6.66. The Morgan fingerprint density at radius 3 is 2.56 bits per heavy atom. The van der Waals surface area contributed by atoms with Crippen LogP contribution in [0, 0.1) is 13.8 Å². The molecule has 2 aromatic carbocycles. The van der Waals surface area contributed by atoms with E-state index in [0.29, 0.717) is 24.2 Å². The van der Waals surface area contributed by atoms with E-state index in [1.54, 1.807) is 22.6 Å². The highest BCUT2D eigenvalue weighted by molar-refractivity contribution is 8.22. The predicted octanol–water partition coefficient (Wildman–Crippen LogP) is 4.79. The van der Waals surface area contributed by atoms with Gasteiger partial charge in [-0.25, -0.2) is 19.6 Å². The van der Waals surface area contributed by atoms with E-state index in [0.717, 1.165) is 38.9 Å². The van der Waals surface area contributed by atoms with Crippen molar-refractivity contribution in [2.75, 3.05) is 30.4 Å². The van der Waals surface area contributed by atoms with Crippen molar-refractivity contribution in [1.29, 1.82) is 0 Å². The normalized spacial score (nSPS) is 16.6. The van der Waals surface area contributed by atoms with Crippen LogP contribution in [0.25, 0.3) is 16.6 Å². The molecule has 6 N–H and O–H groups in total. The maximum Gasteiger partial charge on any atom is 0.249 e. The zero-order valence-electron chi connectivity index (χ0n) is 29.4. The Morgan fingerprint density at radius 2 is 1.85 bits per heavy atom. The lowest BCUT2D eigenvalue weighted by atomic mass is 9.91. The number of aliphatic hydroxyl groups is 2. The zero-order valence-corrected chi connectivity index (χ0v) is 30.2. The number of amides is 1. The Labute approximate surface area is 302 Å². The number of nitrogens with one attached hydrogen (secondary N) is 2. The molecule has 4 heterocycles. The van der Waals surface area contributed by atoms with Gasteiger partial charge in [0.15, 0.2) is 0 Å². The van der Waals surface area contributed by atoms with Gasteiger partial charge in [-0.3, -0.25) is 13.9 Å². The van der Waals surface area contributed by atoms with Crippen molar-refractivity contribution in [2.45, 2.75) is 64.2 Å². The number of ether oxygens (including phenoxy) is 1. The van der Waals surface area contributed by atoms with E-state index < -0.39 is 22.7 Å². The molecule has 16 heteroatoms. The van der Waals surface area contributed by atoms with Gasteiger partial charge >= 0.3 is 0 Å². The molecule has 0 spiro atoms. The summed E-state index contributed by atoms with van der Waals surface area (Å²) in [4.78, 5) is 26.6. The molecule has 274 valence electrons. The Balaban J connectivity index is 1.38. The molecule has 15 nitrogen and oxygen atoms in total. The molecule has 0 saturated carbocycles. The second kappa shape index (κ2) is 15.7. The van der Waals surface area contributed by atoms with Gasteiger partial charge in [-0.2, -0.15) is 4.31 Å². The Morgan fingerprint density at radius 1 is 1.08 bits per heavy atom. The van der Waals surface area contributed by atoms with Gasteiger partial charge in [0.25, 0.3) is 0 Å². The molecule has 0 fully saturated rings. The first-order valence-corrected chi connectivity index (χ1v) is 18.5. The average Bonchev–Trinajstić information content (AvgIpc) is 3.54. The zero-order chi connectivity index (χ0) is 37.0. The molecule has 1 atom stereocenters. The maximum atomic E-state index is 13.7. The Kier molecular flexibility index (Phi) is 11.1. The molecule has 0 unspecified atom stereocenters. The molecular formula is C36H43N9O6S. The number of hydrogen-bond acceptors (Lipinski definition) is 13. The fraction of sp³-hybridized carbons (Fsp3) is 0.333. The fourth-order valence-electron chi connectivity index (χ4n) is 6.02. The lowest BCUT2D eigenvalue weighted by Gasteiger charge is -2.41. The summed E-state index contributed by atoms with van der Waals surface area (Å²) in [6, 6.07) is 12.4. The van der Waals surface area contributed by atoms with Crippen LogP contribution in [-0.2, 0) is 17.9 Å². The third kappa shape index (κ3) is 7.62. The van der Waals surface area contributed by atoms with Crippen LogP contribution in [0.3, 0.4) is 0 Å². The van der Waals surface area contributed by atoms with Crippen molar-refractivity contribution in [2.24, 2.45) is 0 Å². The van der Waals surface area contributed by atoms with Crippen LogP contribution in [0.5, 0.6) is 5.88 Å². The minimum absolute atomic E-state index is 0.191. The smallest absolute Gasteiger partial charge is 0.249 e. The molecule has 0 aliphatic carbocycles. The van der Waals surface area contributed by atoms with Gasteiger partial charge in [0.2, 0.25) is 17.7 Å². The monoisotopic (exact) mass is 729 g/mol. The van der Waals surface area contributed by atoms with Crippen LogP contribution in [0.1, 0.15) is 48.1 Å². The van der Waals surface area contributed by atoms with Crippen LogP contribution < -0.4 is 15.4 Å². The van der Waals surface area contributed by atoms with Crippen molar-refractivity contribution < 1.29 is 28.8 Å². The lowest BCUT2D eigenvalue weighted by Crippen LogP contribution is -2.34. The van der Waals surface area contributed by atoms with Crippen molar-refractivity contribution in [3.8, 4) is 5.88 Å². The van der Waals surface area contributed by atoms with Gasteiger partial charge in [0.1, 0.15) is 16.5 Å². The summed E-state index contributed by atoms with van der Waals surface area (Å²) in [6.45, 7) is 8.40. The number of aliphatic hydroxyl groups excluding tert-OH is 2. The molecular weight excluding hydrogens is 687 g/mol. The van der Waals surface area contributed by atoms with Gasteiger partial charge in [-0.15, -0.1) is 15.9 Å². The van der Waals surface area contributed by atoms with E-state index in [9.17, 15) is 24.1 Å². The first-order valence-electron chi connectivity index (χ1n) is 17.0. The number of nitrogens with zero attached hydrogens (tertiary/aromatic N) is 7. The molecule has 52 heavy (non-hydrogen) atoms. The Hall–Kier alpha value is -4.97. The molecule has 0 bridgehead atoms. The van der Waals surface area contributed by atoms with Gasteiger partial charge < -0.3 is 25.6 Å². The van der Waals surface area contributed by atoms with E-state index in [-0.39, 0.29) is 49.1 Å². The average molecular weight is 730 g/mol. The van der Waals surface area contributed by atoms with Crippen LogP contribution in [-0.4, -0.2) is 91.4 Å². The Bertz CT molecular complexity index is 2090. The molecule has 5 aromatic rings. The highest BCUT2D eigenvalue weighted by Gasteiger charge is 2.35.